The fraction of sp³-hybridized carbons (Fsp3) is 0.600. The molecule has 4 fully saturated rings. The largest absolute Gasteiger partial charge is 0.419 e. The summed E-state index contributed by atoms with van der Waals surface area (Å²) in [4.78, 5) is 28.1. The Balaban J connectivity index is 1.28. The average Bonchev–Trinajstić information content (AvgIpc) is 3.50. The molecule has 1 aliphatic heterocycles. The Kier molecular flexibility index (Phi) is 6.26. The van der Waals surface area contributed by atoms with E-state index in [4.69, 9.17) is 10.8 Å². The predicted molar refractivity (Wildman–Crippen MR) is 121 cm³/mol. The number of amides is 2. The minimum Gasteiger partial charge on any atom is -0.419 e. The Hall–Kier alpha value is -3.05. The van der Waals surface area contributed by atoms with Crippen molar-refractivity contribution in [2.24, 2.45) is 17.3 Å². The third kappa shape index (κ3) is 4.48. The van der Waals surface area contributed by atoms with Crippen LogP contribution in [0.1, 0.15) is 66.4 Å². The quantitative estimate of drug-likeness (QED) is 0.296. The number of carbonyl (C=O) groups is 2. The normalized spacial score (nSPS) is 30.6. The summed E-state index contributed by atoms with van der Waals surface area (Å²) in [7, 11) is 0. The van der Waals surface area contributed by atoms with E-state index in [-0.39, 0.29) is 60.8 Å². The number of benzene rings is 1. The number of nitrogens with zero attached hydrogens (tertiary/aromatic N) is 1. The summed E-state index contributed by atoms with van der Waals surface area (Å²) >= 11 is 0. The molecule has 1 heterocycles. The molecule has 0 spiro atoms. The Morgan fingerprint density at radius 1 is 1.14 bits per heavy atom. The van der Waals surface area contributed by atoms with Crippen LogP contribution in [0.2, 0.25) is 0 Å². The van der Waals surface area contributed by atoms with E-state index in [0.29, 0.717) is 18.4 Å². The lowest BCUT2D eigenvalue weighted by molar-refractivity contribution is -0.180. The Morgan fingerprint density at radius 2 is 1.84 bits per heavy atom. The van der Waals surface area contributed by atoms with Gasteiger partial charge in [-0.25, -0.2) is 0 Å². The standard InChI is InChI=1S/C25H27F5N4O3/c26-19(27)21(32)37-20(31)12-5-6-13-11-34(22(35)15(13)7-12)18-4-2-1-3-17(18)33-23(36)24-8-14(9-24)16(10-24)25(28,29)30/h5-7,14,16-19,31-32H,1-4,8-11H2,(H,33,36)/t14?,16?,17-,18?,24?/m1/s1. The van der Waals surface area contributed by atoms with Crippen molar-refractivity contribution in [1.82, 2.24) is 10.2 Å². The van der Waals surface area contributed by atoms with E-state index < -0.39 is 41.6 Å². The van der Waals surface area contributed by atoms with Crippen molar-refractivity contribution in [3.63, 3.8) is 0 Å². The van der Waals surface area contributed by atoms with Crippen LogP contribution in [-0.4, -0.2) is 53.2 Å². The van der Waals surface area contributed by atoms with Gasteiger partial charge in [-0.2, -0.15) is 22.0 Å². The Morgan fingerprint density at radius 3 is 2.49 bits per heavy atom. The zero-order valence-electron chi connectivity index (χ0n) is 19.8. The van der Waals surface area contributed by atoms with E-state index in [0.717, 1.165) is 12.8 Å². The van der Waals surface area contributed by atoms with Crippen molar-refractivity contribution in [2.75, 3.05) is 0 Å². The number of halogens is 5. The number of hydrogen-bond acceptors (Lipinski definition) is 5. The highest BCUT2D eigenvalue weighted by Crippen LogP contribution is 2.65. The number of hydrogen-bond donors (Lipinski definition) is 3. The van der Waals surface area contributed by atoms with Crippen molar-refractivity contribution in [2.45, 2.75) is 76.2 Å². The minimum atomic E-state index is -4.30. The highest BCUT2D eigenvalue weighted by molar-refractivity contribution is 6.04. The summed E-state index contributed by atoms with van der Waals surface area (Å²) in [6.45, 7) is 0.260. The van der Waals surface area contributed by atoms with Gasteiger partial charge >= 0.3 is 12.6 Å². The number of ether oxygens (including phenoxy) is 1. The third-order valence-corrected chi connectivity index (χ3v) is 8.45. The number of fused-ring (bicyclic) bond motifs is 2. The van der Waals surface area contributed by atoms with Crippen LogP contribution in [0.15, 0.2) is 18.2 Å². The highest BCUT2D eigenvalue weighted by Gasteiger charge is 2.66. The molecule has 0 aromatic heterocycles. The van der Waals surface area contributed by atoms with Crippen LogP contribution >= 0.6 is 0 Å². The molecule has 1 aromatic carbocycles. The first-order valence-electron chi connectivity index (χ1n) is 12.3. The van der Waals surface area contributed by atoms with Gasteiger partial charge in [-0.1, -0.05) is 18.9 Å². The highest BCUT2D eigenvalue weighted by atomic mass is 19.4. The van der Waals surface area contributed by atoms with E-state index in [1.165, 1.54) is 12.1 Å². The van der Waals surface area contributed by atoms with Crippen molar-refractivity contribution in [1.29, 1.82) is 10.8 Å². The number of carbonyl (C=O) groups excluding carboxylic acids is 2. The molecule has 37 heavy (non-hydrogen) atoms. The summed E-state index contributed by atoms with van der Waals surface area (Å²) in [5.41, 5.74) is 0.0538. The smallest absolute Gasteiger partial charge is 0.392 e. The van der Waals surface area contributed by atoms with Crippen molar-refractivity contribution in [3.05, 3.63) is 34.9 Å². The van der Waals surface area contributed by atoms with Crippen LogP contribution in [0.25, 0.3) is 0 Å². The molecule has 5 aliphatic rings. The molecule has 200 valence electrons. The van der Waals surface area contributed by atoms with E-state index in [9.17, 15) is 31.5 Å². The van der Waals surface area contributed by atoms with E-state index in [2.05, 4.69) is 10.1 Å². The van der Waals surface area contributed by atoms with E-state index in [1.807, 2.05) is 0 Å². The zero-order valence-corrected chi connectivity index (χ0v) is 19.8. The molecule has 0 saturated heterocycles. The summed E-state index contributed by atoms with van der Waals surface area (Å²) in [6.07, 6.45) is -4.27. The first-order chi connectivity index (χ1) is 17.4. The average molecular weight is 527 g/mol. The molecule has 4 saturated carbocycles. The molecule has 2 bridgehead atoms. The van der Waals surface area contributed by atoms with E-state index in [1.54, 1.807) is 11.0 Å². The Bertz CT molecular complexity index is 1150. The second-order valence-electron chi connectivity index (χ2n) is 10.6. The molecule has 2 unspecified atom stereocenters. The first-order valence-corrected chi connectivity index (χ1v) is 12.3. The molecule has 7 nitrogen and oxygen atoms in total. The first kappa shape index (κ1) is 25.6. The second-order valence-corrected chi connectivity index (χ2v) is 10.6. The van der Waals surface area contributed by atoms with Gasteiger partial charge in [0.05, 0.1) is 17.4 Å². The maximum atomic E-state index is 13.3. The molecule has 3 atom stereocenters. The van der Waals surface area contributed by atoms with Gasteiger partial charge in [0, 0.05) is 23.7 Å². The van der Waals surface area contributed by atoms with Gasteiger partial charge in [0.15, 0.2) is 0 Å². The molecular weight excluding hydrogens is 499 g/mol. The van der Waals surface area contributed by atoms with Gasteiger partial charge < -0.3 is 15.0 Å². The van der Waals surface area contributed by atoms with Gasteiger partial charge in [0.1, 0.15) is 0 Å². The summed E-state index contributed by atoms with van der Waals surface area (Å²) in [5.74, 6) is -4.65. The molecule has 1 aromatic rings. The maximum Gasteiger partial charge on any atom is 0.392 e. The van der Waals surface area contributed by atoms with Crippen LogP contribution in [0.5, 0.6) is 0 Å². The molecular formula is C25H27F5N4O3. The minimum absolute atomic E-state index is 0.0759. The zero-order chi connectivity index (χ0) is 26.7. The number of nitrogens with one attached hydrogen (secondary N) is 3. The lowest BCUT2D eigenvalue weighted by Crippen LogP contribution is -2.56. The fourth-order valence-corrected chi connectivity index (χ4v) is 6.56. The third-order valence-electron chi connectivity index (χ3n) is 8.45. The number of alkyl halides is 5. The molecule has 0 radical (unpaired) electrons. The topological polar surface area (TPSA) is 106 Å². The van der Waals surface area contributed by atoms with Crippen molar-refractivity contribution >= 4 is 23.6 Å². The van der Waals surface area contributed by atoms with Crippen LogP contribution in [-0.2, 0) is 16.1 Å². The van der Waals surface area contributed by atoms with Gasteiger partial charge in [0.25, 0.3) is 11.8 Å². The van der Waals surface area contributed by atoms with Gasteiger partial charge in [-0.15, -0.1) is 0 Å². The molecule has 2 amide bonds. The maximum absolute atomic E-state index is 13.3. The monoisotopic (exact) mass is 526 g/mol. The van der Waals surface area contributed by atoms with Crippen LogP contribution in [0.4, 0.5) is 22.0 Å². The van der Waals surface area contributed by atoms with Crippen LogP contribution in [0, 0.1) is 28.1 Å². The van der Waals surface area contributed by atoms with Crippen LogP contribution in [0.3, 0.4) is 0 Å². The SMILES string of the molecule is N=C(OC(=N)C(F)F)c1ccc2c(c1)C(=O)N(C1CCCC[C@H]1NC(=O)C13CC(C1)C(C(F)(F)F)C3)C2. The molecule has 3 N–H and O–H groups in total. The van der Waals surface area contributed by atoms with Crippen molar-refractivity contribution < 1.29 is 36.3 Å². The lowest BCUT2D eigenvalue weighted by Gasteiger charge is -2.42. The molecule has 6 rings (SSSR count). The van der Waals surface area contributed by atoms with Gasteiger partial charge in [-0.05, 0) is 55.7 Å². The predicted octanol–water partition coefficient (Wildman–Crippen LogP) is 4.63. The van der Waals surface area contributed by atoms with Gasteiger partial charge in [0.2, 0.25) is 11.8 Å². The van der Waals surface area contributed by atoms with Crippen molar-refractivity contribution in [3.8, 4) is 0 Å². The summed E-state index contributed by atoms with van der Waals surface area (Å²) in [5, 5.41) is 18.0. The second kappa shape index (κ2) is 9.05. The summed E-state index contributed by atoms with van der Waals surface area (Å²) in [6, 6.07) is 3.71. The molecule has 12 heteroatoms. The molecule has 4 aliphatic carbocycles. The van der Waals surface area contributed by atoms with Crippen LogP contribution < -0.4 is 5.32 Å². The summed E-state index contributed by atoms with van der Waals surface area (Å²) < 4.78 is 69.6. The van der Waals surface area contributed by atoms with E-state index >= 15 is 0 Å². The number of rotatable bonds is 5. The lowest BCUT2D eigenvalue weighted by atomic mass is 9.68. The Labute approximate surface area is 209 Å². The van der Waals surface area contributed by atoms with Gasteiger partial charge in [-0.3, -0.25) is 20.4 Å². The fourth-order valence-electron chi connectivity index (χ4n) is 6.56.